The first kappa shape index (κ1) is 30.6. The SMILES string of the molecule is NC[C@H](O)CN1C2CCC1CN(c1nc(OC[C@@]34CCCN3C[C@H](F)C4)nc3c(F)c(-c4cc(O)cc5cccc(F)c45)ccc13)C2. The molecule has 4 N–H and O–H groups in total. The van der Waals surface area contributed by atoms with E-state index in [-0.39, 0.29) is 59.0 Å². The molecule has 2 bridgehead atoms. The number of hydrogen-bond donors (Lipinski definition) is 3. The molecule has 4 saturated heterocycles. The molecule has 3 aromatic carbocycles. The summed E-state index contributed by atoms with van der Waals surface area (Å²) in [5.41, 5.74) is 5.61. The van der Waals surface area contributed by atoms with Crippen LogP contribution in [0.25, 0.3) is 32.8 Å². The number of phenolic OH excluding ortho intramolecular Hbond substituents is 1. The predicted octanol–water partition coefficient (Wildman–Crippen LogP) is 4.36. The molecule has 5 heterocycles. The van der Waals surface area contributed by atoms with E-state index in [1.54, 1.807) is 24.3 Å². The van der Waals surface area contributed by atoms with Crippen molar-refractivity contribution in [3.05, 3.63) is 54.1 Å². The van der Waals surface area contributed by atoms with Crippen LogP contribution in [0.15, 0.2) is 42.5 Å². The second kappa shape index (κ2) is 11.8. The molecule has 4 fully saturated rings. The topological polar surface area (TPSA) is 111 Å². The fourth-order valence-corrected chi connectivity index (χ4v) is 8.64. The molecule has 5 atom stereocenters. The number of aliphatic hydroxyl groups excluding tert-OH is 1. The summed E-state index contributed by atoms with van der Waals surface area (Å²) in [5, 5.41) is 21.9. The number of nitrogens with two attached hydrogens (primary N) is 1. The monoisotopic (exact) mass is 648 g/mol. The minimum atomic E-state index is -0.922. The van der Waals surface area contributed by atoms with E-state index < -0.39 is 29.4 Å². The first-order valence-electron chi connectivity index (χ1n) is 16.6. The maximum Gasteiger partial charge on any atom is 0.319 e. The summed E-state index contributed by atoms with van der Waals surface area (Å²) in [6.07, 6.45) is 2.53. The number of aromatic hydroxyl groups is 1. The molecule has 0 amide bonds. The Bertz CT molecular complexity index is 1830. The van der Waals surface area contributed by atoms with Gasteiger partial charge in [-0.05, 0) is 67.4 Å². The van der Waals surface area contributed by atoms with Gasteiger partial charge in [0.1, 0.15) is 35.7 Å². The smallest absolute Gasteiger partial charge is 0.319 e. The van der Waals surface area contributed by atoms with Gasteiger partial charge >= 0.3 is 6.01 Å². The number of nitrogens with zero attached hydrogens (tertiary/aromatic N) is 5. The van der Waals surface area contributed by atoms with Gasteiger partial charge in [-0.2, -0.15) is 9.97 Å². The van der Waals surface area contributed by atoms with Crippen molar-refractivity contribution < 1.29 is 28.1 Å². The van der Waals surface area contributed by atoms with E-state index in [9.17, 15) is 14.6 Å². The van der Waals surface area contributed by atoms with Gasteiger partial charge in [-0.25, -0.2) is 13.2 Å². The number of halogens is 3. The van der Waals surface area contributed by atoms with Gasteiger partial charge in [0.15, 0.2) is 5.82 Å². The number of benzene rings is 3. The molecule has 4 aliphatic rings. The molecule has 0 spiro atoms. The molecule has 0 aliphatic carbocycles. The number of alkyl halides is 1. The number of piperazine rings is 1. The predicted molar refractivity (Wildman–Crippen MR) is 173 cm³/mol. The summed E-state index contributed by atoms with van der Waals surface area (Å²) >= 11 is 0. The van der Waals surface area contributed by atoms with Crippen LogP contribution in [0.4, 0.5) is 19.0 Å². The quantitative estimate of drug-likeness (QED) is 0.257. The molecule has 248 valence electrons. The Morgan fingerprint density at radius 1 is 1.04 bits per heavy atom. The molecular formula is C35H39F3N6O3. The fraction of sp³-hybridized carbons (Fsp3) is 0.486. The van der Waals surface area contributed by atoms with Gasteiger partial charge in [-0.3, -0.25) is 9.80 Å². The van der Waals surface area contributed by atoms with E-state index in [0.29, 0.717) is 49.2 Å². The van der Waals surface area contributed by atoms with Gasteiger partial charge in [0.25, 0.3) is 0 Å². The van der Waals surface area contributed by atoms with Gasteiger partial charge in [-0.15, -0.1) is 0 Å². The van der Waals surface area contributed by atoms with Crippen LogP contribution in [0, 0.1) is 11.6 Å². The molecule has 12 heteroatoms. The Kier molecular flexibility index (Phi) is 7.66. The van der Waals surface area contributed by atoms with E-state index in [2.05, 4.69) is 19.7 Å². The Hall–Kier alpha value is -3.71. The summed E-state index contributed by atoms with van der Waals surface area (Å²) in [5.74, 6) is -0.778. The number of anilines is 1. The molecular weight excluding hydrogens is 609 g/mol. The second-order valence-electron chi connectivity index (χ2n) is 13.7. The average molecular weight is 649 g/mol. The maximum atomic E-state index is 16.8. The van der Waals surface area contributed by atoms with Crippen molar-refractivity contribution in [3.63, 3.8) is 0 Å². The van der Waals surface area contributed by atoms with Crippen LogP contribution >= 0.6 is 0 Å². The Balaban J connectivity index is 1.22. The molecule has 8 rings (SSSR count). The average Bonchev–Trinajstić information content (AvgIpc) is 3.65. The zero-order valence-corrected chi connectivity index (χ0v) is 26.1. The van der Waals surface area contributed by atoms with Crippen molar-refractivity contribution in [1.29, 1.82) is 0 Å². The first-order chi connectivity index (χ1) is 22.7. The molecule has 2 unspecified atom stereocenters. The van der Waals surface area contributed by atoms with Crippen LogP contribution < -0.4 is 15.4 Å². The normalized spacial score (nSPS) is 26.8. The summed E-state index contributed by atoms with van der Waals surface area (Å²) < 4.78 is 52.8. The van der Waals surface area contributed by atoms with Gasteiger partial charge in [0, 0.05) is 67.6 Å². The van der Waals surface area contributed by atoms with Crippen LogP contribution in [0.2, 0.25) is 0 Å². The van der Waals surface area contributed by atoms with Crippen molar-refractivity contribution >= 4 is 27.5 Å². The number of ether oxygens (including phenoxy) is 1. The lowest BCUT2D eigenvalue weighted by Crippen LogP contribution is -2.56. The molecule has 0 radical (unpaired) electrons. The zero-order valence-electron chi connectivity index (χ0n) is 26.1. The number of aromatic nitrogens is 2. The molecule has 9 nitrogen and oxygen atoms in total. The largest absolute Gasteiger partial charge is 0.508 e. The van der Waals surface area contributed by atoms with Crippen LogP contribution in [-0.4, -0.2) is 106 Å². The molecule has 47 heavy (non-hydrogen) atoms. The maximum absolute atomic E-state index is 16.8. The second-order valence-corrected chi connectivity index (χ2v) is 13.7. The van der Waals surface area contributed by atoms with Crippen LogP contribution in [-0.2, 0) is 0 Å². The number of rotatable bonds is 8. The van der Waals surface area contributed by atoms with Crippen LogP contribution in [0.1, 0.15) is 32.1 Å². The number of fused-ring (bicyclic) bond motifs is 5. The van der Waals surface area contributed by atoms with Crippen molar-refractivity contribution in [1.82, 2.24) is 19.8 Å². The standard InChI is InChI=1S/C35H39F3N6O3/c36-21-13-35(9-2-10-43(35)15-21)19-47-34-40-32-27(33(41-34)42-16-22-5-6-23(17-42)44(22)18-25(46)14-39)8-7-26(31(32)38)28-12-24(45)11-20-3-1-4-29(37)30(20)28/h1,3-4,7-8,11-12,21-23,25,45-46H,2,5-6,9-10,13-19,39H2/t21-,22?,23?,25+,35+/m1/s1. The van der Waals surface area contributed by atoms with E-state index in [4.69, 9.17) is 15.5 Å². The number of hydrogen-bond acceptors (Lipinski definition) is 9. The van der Waals surface area contributed by atoms with Crippen molar-refractivity contribution in [3.8, 4) is 22.9 Å². The van der Waals surface area contributed by atoms with E-state index in [0.717, 1.165) is 32.2 Å². The molecule has 0 saturated carbocycles. The Morgan fingerprint density at radius 2 is 1.85 bits per heavy atom. The lowest BCUT2D eigenvalue weighted by Gasteiger charge is -2.42. The number of phenols is 1. The van der Waals surface area contributed by atoms with Crippen molar-refractivity contribution in [2.24, 2.45) is 5.73 Å². The third-order valence-corrected chi connectivity index (χ3v) is 10.8. The summed E-state index contributed by atoms with van der Waals surface area (Å²) in [4.78, 5) is 16.1. The highest BCUT2D eigenvalue weighted by atomic mass is 19.1. The Morgan fingerprint density at radius 3 is 2.64 bits per heavy atom. The zero-order chi connectivity index (χ0) is 32.4. The third-order valence-electron chi connectivity index (χ3n) is 10.8. The van der Waals surface area contributed by atoms with Crippen molar-refractivity contribution in [2.75, 3.05) is 50.8 Å². The van der Waals surface area contributed by atoms with Gasteiger partial charge in [-0.1, -0.05) is 18.2 Å². The van der Waals surface area contributed by atoms with Crippen LogP contribution in [0.3, 0.4) is 0 Å². The minimum absolute atomic E-state index is 0.00682. The summed E-state index contributed by atoms with van der Waals surface area (Å²) in [6, 6.07) is 11.0. The molecule has 4 aliphatic heterocycles. The fourth-order valence-electron chi connectivity index (χ4n) is 8.64. The highest BCUT2D eigenvalue weighted by Gasteiger charge is 2.49. The Labute approximate surface area is 270 Å². The lowest BCUT2D eigenvalue weighted by atomic mass is 9.95. The number of aliphatic hydroxyl groups is 1. The van der Waals surface area contributed by atoms with Gasteiger partial charge in [0.2, 0.25) is 0 Å². The summed E-state index contributed by atoms with van der Waals surface area (Å²) in [7, 11) is 0. The van der Waals surface area contributed by atoms with Crippen molar-refractivity contribution in [2.45, 2.75) is 62.0 Å². The highest BCUT2D eigenvalue weighted by molar-refractivity contribution is 6.01. The minimum Gasteiger partial charge on any atom is -0.508 e. The lowest BCUT2D eigenvalue weighted by molar-refractivity contribution is 0.0797. The highest BCUT2D eigenvalue weighted by Crippen LogP contribution is 2.43. The third kappa shape index (κ3) is 5.26. The van der Waals surface area contributed by atoms with E-state index in [1.165, 1.54) is 18.2 Å². The summed E-state index contributed by atoms with van der Waals surface area (Å²) in [6.45, 7) is 3.31. The molecule has 1 aromatic heterocycles. The van der Waals surface area contributed by atoms with Gasteiger partial charge < -0.3 is 25.6 Å². The molecule has 4 aromatic rings. The van der Waals surface area contributed by atoms with E-state index >= 15 is 8.78 Å². The first-order valence-corrected chi connectivity index (χ1v) is 16.6. The van der Waals surface area contributed by atoms with Crippen LogP contribution in [0.5, 0.6) is 11.8 Å². The van der Waals surface area contributed by atoms with E-state index in [1.807, 2.05) is 0 Å². The van der Waals surface area contributed by atoms with Gasteiger partial charge in [0.05, 0.1) is 11.6 Å².